The molecule has 0 bridgehead atoms. The van der Waals surface area contributed by atoms with Crippen LogP contribution in [0.15, 0.2) is 12.7 Å². The minimum Gasteiger partial charge on any atom is -0.479 e. The Morgan fingerprint density at radius 1 is 1.60 bits per heavy atom. The summed E-state index contributed by atoms with van der Waals surface area (Å²) >= 11 is 0. The zero-order chi connectivity index (χ0) is 11.9. The highest BCUT2D eigenvalue weighted by molar-refractivity contribution is 6.03. The van der Waals surface area contributed by atoms with Gasteiger partial charge in [-0.25, -0.2) is 9.59 Å². The van der Waals surface area contributed by atoms with Gasteiger partial charge in [-0.3, -0.25) is 0 Å². The van der Waals surface area contributed by atoms with E-state index in [0.717, 1.165) is 6.42 Å². The maximum Gasteiger partial charge on any atom is 0.338 e. The summed E-state index contributed by atoms with van der Waals surface area (Å²) in [6, 6.07) is 0. The lowest BCUT2D eigenvalue weighted by Gasteiger charge is -2.20. The number of carboxylic acids is 1. The number of hydrogen-bond donors (Lipinski definition) is 2. The largest absolute Gasteiger partial charge is 0.479 e. The Labute approximate surface area is 88.9 Å². The Morgan fingerprint density at radius 2 is 2.20 bits per heavy atom. The van der Waals surface area contributed by atoms with E-state index >= 15 is 0 Å². The molecule has 0 heterocycles. The predicted molar refractivity (Wildman–Crippen MR) is 55.2 cm³/mol. The lowest BCUT2D eigenvalue weighted by atomic mass is 9.97. The van der Waals surface area contributed by atoms with E-state index in [0.29, 0.717) is 6.42 Å². The first-order chi connectivity index (χ1) is 6.99. The molecule has 0 aliphatic rings. The molecule has 1 unspecified atom stereocenters. The number of carbonyl (C=O) groups excluding carboxylic acids is 1. The Balaban J connectivity index is 4.42. The highest BCUT2D eigenvalue weighted by Crippen LogP contribution is 2.11. The zero-order valence-electron chi connectivity index (χ0n) is 8.86. The van der Waals surface area contributed by atoms with Crippen molar-refractivity contribution in [1.82, 2.24) is 0 Å². The van der Waals surface area contributed by atoms with E-state index in [2.05, 4.69) is 6.58 Å². The maximum atomic E-state index is 11.4. The monoisotopic (exact) mass is 215 g/mol. The van der Waals surface area contributed by atoms with Crippen LogP contribution >= 0.6 is 0 Å². The Bertz CT molecular complexity index is 252. The average molecular weight is 215 g/mol. The number of esters is 1. The summed E-state index contributed by atoms with van der Waals surface area (Å²) in [4.78, 5) is 22.2. The first-order valence-electron chi connectivity index (χ1n) is 4.79. The van der Waals surface area contributed by atoms with Gasteiger partial charge >= 0.3 is 11.9 Å². The third kappa shape index (κ3) is 3.71. The molecule has 0 aromatic heterocycles. The number of carboxylic acid groups (broad SMARTS) is 1. The fourth-order valence-electron chi connectivity index (χ4n) is 0.924. The molecule has 0 radical (unpaired) electrons. The molecule has 1 atom stereocenters. The molecule has 0 saturated carbocycles. The van der Waals surface area contributed by atoms with Gasteiger partial charge in [-0.1, -0.05) is 19.4 Å². The van der Waals surface area contributed by atoms with Crippen LogP contribution in [0.3, 0.4) is 0 Å². The third-order valence-corrected chi connectivity index (χ3v) is 1.94. The Hall–Kier alpha value is -1.36. The Kier molecular flexibility index (Phi) is 5.62. The van der Waals surface area contributed by atoms with Gasteiger partial charge in [0.15, 0.2) is 0 Å². The summed E-state index contributed by atoms with van der Waals surface area (Å²) in [5.41, 5.74) is 3.43. The van der Waals surface area contributed by atoms with Crippen LogP contribution in [0.1, 0.15) is 26.2 Å². The van der Waals surface area contributed by atoms with E-state index in [-0.39, 0.29) is 13.0 Å². The van der Waals surface area contributed by atoms with Crippen molar-refractivity contribution in [2.24, 2.45) is 5.73 Å². The number of ether oxygens (including phenoxy) is 1. The predicted octanol–water partition coefficient (Wildman–Crippen LogP) is 0.688. The quantitative estimate of drug-likeness (QED) is 0.282. The van der Waals surface area contributed by atoms with Crippen LogP contribution < -0.4 is 5.73 Å². The van der Waals surface area contributed by atoms with E-state index in [1.807, 2.05) is 6.92 Å². The maximum absolute atomic E-state index is 11.4. The molecule has 0 saturated heterocycles. The lowest BCUT2D eigenvalue weighted by molar-refractivity contribution is -0.160. The molecule has 15 heavy (non-hydrogen) atoms. The molecule has 86 valence electrons. The molecule has 0 spiro atoms. The number of unbranched alkanes of at least 4 members (excludes halogenated alkanes) is 1. The van der Waals surface area contributed by atoms with Crippen LogP contribution in [0, 0.1) is 0 Å². The van der Waals surface area contributed by atoms with E-state index in [9.17, 15) is 9.59 Å². The van der Waals surface area contributed by atoms with E-state index in [1.54, 1.807) is 0 Å². The molecule has 0 amide bonds. The average Bonchev–Trinajstić information content (AvgIpc) is 2.18. The van der Waals surface area contributed by atoms with Gasteiger partial charge in [0.25, 0.3) is 0 Å². The Morgan fingerprint density at radius 3 is 2.60 bits per heavy atom. The number of aliphatic carboxylic acids is 1. The van der Waals surface area contributed by atoms with Crippen LogP contribution in [0.2, 0.25) is 0 Å². The SMILES string of the molecule is C=CCC(N)(C(=O)O)C(=O)OCCCC. The fraction of sp³-hybridized carbons (Fsp3) is 0.600. The van der Waals surface area contributed by atoms with Crippen molar-refractivity contribution in [2.75, 3.05) is 6.61 Å². The molecule has 0 rings (SSSR count). The second kappa shape index (κ2) is 6.19. The number of rotatable bonds is 7. The minimum atomic E-state index is -2.00. The topological polar surface area (TPSA) is 89.6 Å². The molecule has 5 heteroatoms. The fourth-order valence-corrected chi connectivity index (χ4v) is 0.924. The van der Waals surface area contributed by atoms with Crippen LogP contribution in [-0.4, -0.2) is 29.2 Å². The zero-order valence-corrected chi connectivity index (χ0v) is 8.86. The summed E-state index contributed by atoms with van der Waals surface area (Å²) in [5, 5.41) is 8.82. The van der Waals surface area contributed by atoms with Crippen molar-refractivity contribution in [3.8, 4) is 0 Å². The lowest BCUT2D eigenvalue weighted by Crippen LogP contribution is -2.55. The van der Waals surface area contributed by atoms with Crippen molar-refractivity contribution in [3.05, 3.63) is 12.7 Å². The molecule has 0 aliphatic carbocycles. The molecule has 0 fully saturated rings. The smallest absolute Gasteiger partial charge is 0.338 e. The second-order valence-corrected chi connectivity index (χ2v) is 3.26. The normalized spacial score (nSPS) is 14.0. The van der Waals surface area contributed by atoms with Crippen LogP contribution in [-0.2, 0) is 14.3 Å². The van der Waals surface area contributed by atoms with Crippen molar-refractivity contribution < 1.29 is 19.4 Å². The van der Waals surface area contributed by atoms with Gasteiger partial charge in [-0.15, -0.1) is 6.58 Å². The van der Waals surface area contributed by atoms with Crippen LogP contribution in [0.4, 0.5) is 0 Å². The summed E-state index contributed by atoms with van der Waals surface area (Å²) in [7, 11) is 0. The van der Waals surface area contributed by atoms with Crippen molar-refractivity contribution in [3.63, 3.8) is 0 Å². The summed E-state index contributed by atoms with van der Waals surface area (Å²) in [6.45, 7) is 5.48. The van der Waals surface area contributed by atoms with E-state index in [1.165, 1.54) is 6.08 Å². The van der Waals surface area contributed by atoms with Gasteiger partial charge in [0, 0.05) is 6.42 Å². The molecule has 0 aromatic carbocycles. The van der Waals surface area contributed by atoms with Crippen molar-refractivity contribution in [1.29, 1.82) is 0 Å². The number of carbonyl (C=O) groups is 2. The summed E-state index contributed by atoms with van der Waals surface area (Å²) in [5.74, 6) is -2.31. The van der Waals surface area contributed by atoms with Gasteiger partial charge < -0.3 is 15.6 Å². The molecule has 0 aliphatic heterocycles. The molecule has 0 aromatic rings. The van der Waals surface area contributed by atoms with Gasteiger partial charge in [-0.2, -0.15) is 0 Å². The van der Waals surface area contributed by atoms with Gasteiger partial charge in [0.1, 0.15) is 0 Å². The summed E-state index contributed by atoms with van der Waals surface area (Å²) < 4.78 is 4.77. The standard InChI is InChI=1S/C10H17NO4/c1-3-5-7-15-9(14)10(11,6-4-2)8(12)13/h4H,2-3,5-7,11H2,1H3,(H,12,13). The van der Waals surface area contributed by atoms with Gasteiger partial charge in [-0.05, 0) is 6.42 Å². The number of hydrogen-bond acceptors (Lipinski definition) is 4. The van der Waals surface area contributed by atoms with Crippen LogP contribution in [0.5, 0.6) is 0 Å². The van der Waals surface area contributed by atoms with E-state index < -0.39 is 17.5 Å². The van der Waals surface area contributed by atoms with Crippen molar-refractivity contribution in [2.45, 2.75) is 31.7 Å². The highest BCUT2D eigenvalue weighted by Gasteiger charge is 2.42. The first-order valence-corrected chi connectivity index (χ1v) is 4.79. The van der Waals surface area contributed by atoms with Crippen LogP contribution in [0.25, 0.3) is 0 Å². The second-order valence-electron chi connectivity index (χ2n) is 3.26. The number of nitrogens with two attached hydrogens (primary N) is 1. The third-order valence-electron chi connectivity index (χ3n) is 1.94. The van der Waals surface area contributed by atoms with Gasteiger partial charge in [0.05, 0.1) is 6.61 Å². The minimum absolute atomic E-state index is 0.146. The van der Waals surface area contributed by atoms with Crippen molar-refractivity contribution >= 4 is 11.9 Å². The molecular weight excluding hydrogens is 198 g/mol. The highest BCUT2D eigenvalue weighted by atomic mass is 16.5. The van der Waals surface area contributed by atoms with Gasteiger partial charge in [0.2, 0.25) is 5.54 Å². The molecular formula is C10H17NO4. The van der Waals surface area contributed by atoms with E-state index in [4.69, 9.17) is 15.6 Å². The molecule has 5 nitrogen and oxygen atoms in total. The summed E-state index contributed by atoms with van der Waals surface area (Å²) in [6.07, 6.45) is 2.69. The molecule has 3 N–H and O–H groups in total. The first kappa shape index (κ1) is 13.6.